The number of rotatable bonds is 5. The number of carbonyl (C=O) groups is 1. The van der Waals surface area contributed by atoms with Crippen LogP contribution in [0.5, 0.6) is 0 Å². The van der Waals surface area contributed by atoms with Crippen LogP contribution in [-0.2, 0) is 11.2 Å². The molecule has 0 aliphatic heterocycles. The Hall–Kier alpha value is -2.66. The first kappa shape index (κ1) is 16.2. The highest BCUT2D eigenvalue weighted by atomic mass is 35.5. The summed E-state index contributed by atoms with van der Waals surface area (Å²) in [6, 6.07) is 13.4. The van der Waals surface area contributed by atoms with Crippen LogP contribution in [0.25, 0.3) is 11.3 Å². The van der Waals surface area contributed by atoms with Crippen LogP contribution in [0.1, 0.15) is 12.3 Å². The van der Waals surface area contributed by atoms with Crippen LogP contribution in [0.4, 0.5) is 10.1 Å². The van der Waals surface area contributed by atoms with Gasteiger partial charge in [-0.15, -0.1) is 0 Å². The molecule has 1 N–H and O–H groups in total. The number of carbonyl (C=O) groups excluding carboxylic acids is 1. The minimum absolute atomic E-state index is 0.158. The van der Waals surface area contributed by atoms with E-state index in [9.17, 15) is 9.18 Å². The molecular formula is C18H14ClFN2O2. The van der Waals surface area contributed by atoms with Gasteiger partial charge in [-0.1, -0.05) is 41.9 Å². The van der Waals surface area contributed by atoms with Crippen LogP contribution in [-0.4, -0.2) is 10.9 Å². The van der Waals surface area contributed by atoms with E-state index < -0.39 is 5.82 Å². The van der Waals surface area contributed by atoms with Gasteiger partial charge in [0.1, 0.15) is 5.82 Å². The first-order chi connectivity index (χ1) is 11.6. The lowest BCUT2D eigenvalue weighted by atomic mass is 10.2. The monoisotopic (exact) mass is 344 g/mol. The molecule has 0 saturated carbocycles. The van der Waals surface area contributed by atoms with E-state index in [-0.39, 0.29) is 17.4 Å². The van der Waals surface area contributed by atoms with E-state index in [4.69, 9.17) is 16.0 Å². The number of aryl methyl sites for hydroxylation is 1. The molecular weight excluding hydrogens is 331 g/mol. The fraction of sp³-hybridized carbons (Fsp3) is 0.111. The highest BCUT2D eigenvalue weighted by Gasteiger charge is 2.10. The summed E-state index contributed by atoms with van der Waals surface area (Å²) in [6.07, 6.45) is 2.18. The predicted molar refractivity (Wildman–Crippen MR) is 90.3 cm³/mol. The van der Waals surface area contributed by atoms with Gasteiger partial charge in [-0.25, -0.2) is 9.37 Å². The molecule has 2 aromatic carbocycles. The van der Waals surface area contributed by atoms with E-state index in [1.807, 2.05) is 30.3 Å². The smallest absolute Gasteiger partial charge is 0.224 e. The molecule has 6 heteroatoms. The van der Waals surface area contributed by atoms with Crippen molar-refractivity contribution in [3.8, 4) is 11.3 Å². The van der Waals surface area contributed by atoms with Crippen molar-refractivity contribution in [2.24, 2.45) is 0 Å². The van der Waals surface area contributed by atoms with Crippen LogP contribution in [0.2, 0.25) is 5.02 Å². The molecule has 1 amide bonds. The quantitative estimate of drug-likeness (QED) is 0.729. The maximum atomic E-state index is 13.0. The zero-order valence-corrected chi connectivity index (χ0v) is 13.4. The summed E-state index contributed by atoms with van der Waals surface area (Å²) in [4.78, 5) is 16.1. The van der Waals surface area contributed by atoms with Crippen LogP contribution in [0, 0.1) is 5.82 Å². The van der Waals surface area contributed by atoms with Gasteiger partial charge < -0.3 is 9.73 Å². The zero-order valence-electron chi connectivity index (χ0n) is 12.6. The van der Waals surface area contributed by atoms with Crippen molar-refractivity contribution in [2.75, 3.05) is 5.32 Å². The molecule has 4 nitrogen and oxygen atoms in total. The van der Waals surface area contributed by atoms with E-state index in [1.54, 1.807) is 6.20 Å². The first-order valence-corrected chi connectivity index (χ1v) is 7.74. The number of halogens is 2. The maximum Gasteiger partial charge on any atom is 0.224 e. The molecule has 0 radical (unpaired) electrons. The molecule has 0 saturated heterocycles. The summed E-state index contributed by atoms with van der Waals surface area (Å²) in [5, 5.41) is 2.80. The third-order valence-corrected chi connectivity index (χ3v) is 3.70. The van der Waals surface area contributed by atoms with E-state index in [0.29, 0.717) is 23.8 Å². The molecule has 3 rings (SSSR count). The zero-order chi connectivity index (χ0) is 16.9. The van der Waals surface area contributed by atoms with Gasteiger partial charge >= 0.3 is 0 Å². The van der Waals surface area contributed by atoms with Crippen LogP contribution >= 0.6 is 11.6 Å². The van der Waals surface area contributed by atoms with Crippen molar-refractivity contribution in [1.82, 2.24) is 4.98 Å². The van der Waals surface area contributed by atoms with Gasteiger partial charge in [0.25, 0.3) is 0 Å². The standard InChI is InChI=1S/C18H14ClFN2O2/c19-14-10-13(20)6-7-15(14)22-17(23)8-9-18-21-11-16(24-18)12-4-2-1-3-5-12/h1-7,10-11H,8-9H2,(H,22,23). The highest BCUT2D eigenvalue weighted by molar-refractivity contribution is 6.33. The Morgan fingerprint density at radius 1 is 1.21 bits per heavy atom. The minimum atomic E-state index is -0.453. The fourth-order valence-electron chi connectivity index (χ4n) is 2.19. The van der Waals surface area contributed by atoms with Crippen molar-refractivity contribution in [1.29, 1.82) is 0 Å². The Kier molecular flexibility index (Phi) is 4.91. The van der Waals surface area contributed by atoms with Crippen molar-refractivity contribution < 1.29 is 13.6 Å². The minimum Gasteiger partial charge on any atom is -0.441 e. The molecule has 0 spiro atoms. The number of aromatic nitrogens is 1. The second-order valence-electron chi connectivity index (χ2n) is 5.16. The van der Waals surface area contributed by atoms with Crippen molar-refractivity contribution in [3.05, 3.63) is 71.5 Å². The Bertz CT molecular complexity index is 849. The average molecular weight is 345 g/mol. The molecule has 0 aliphatic rings. The van der Waals surface area contributed by atoms with Gasteiger partial charge in [0.05, 0.1) is 16.9 Å². The summed E-state index contributed by atoms with van der Waals surface area (Å²) in [5.74, 6) is 0.441. The van der Waals surface area contributed by atoms with Gasteiger partial charge in [0.15, 0.2) is 11.7 Å². The molecule has 122 valence electrons. The topological polar surface area (TPSA) is 55.1 Å². The number of amides is 1. The van der Waals surface area contributed by atoms with E-state index in [0.717, 1.165) is 11.6 Å². The van der Waals surface area contributed by atoms with Crippen molar-refractivity contribution >= 4 is 23.2 Å². The highest BCUT2D eigenvalue weighted by Crippen LogP contribution is 2.23. The molecule has 0 bridgehead atoms. The predicted octanol–water partition coefficient (Wildman–Crippen LogP) is 4.71. The number of oxazole rings is 1. The molecule has 1 heterocycles. The lowest BCUT2D eigenvalue weighted by Gasteiger charge is -2.06. The molecule has 0 fully saturated rings. The molecule has 0 unspecified atom stereocenters. The summed E-state index contributed by atoms with van der Waals surface area (Å²) < 4.78 is 18.6. The summed E-state index contributed by atoms with van der Waals surface area (Å²) >= 11 is 5.88. The molecule has 24 heavy (non-hydrogen) atoms. The molecule has 3 aromatic rings. The normalized spacial score (nSPS) is 10.6. The van der Waals surface area contributed by atoms with Crippen molar-refractivity contribution in [3.63, 3.8) is 0 Å². The van der Waals surface area contributed by atoms with Crippen molar-refractivity contribution in [2.45, 2.75) is 12.8 Å². The largest absolute Gasteiger partial charge is 0.441 e. The van der Waals surface area contributed by atoms with E-state index in [2.05, 4.69) is 10.3 Å². The second-order valence-corrected chi connectivity index (χ2v) is 5.56. The number of nitrogens with one attached hydrogen (secondary N) is 1. The average Bonchev–Trinajstić information content (AvgIpc) is 3.05. The molecule has 0 aliphatic carbocycles. The number of nitrogens with zero attached hydrogens (tertiary/aromatic N) is 1. The van der Waals surface area contributed by atoms with Gasteiger partial charge in [-0.3, -0.25) is 4.79 Å². The molecule has 0 atom stereocenters. The Labute approximate surface area is 143 Å². The third kappa shape index (κ3) is 4.00. The van der Waals surface area contributed by atoms with Crippen LogP contribution < -0.4 is 5.32 Å². The number of hydrogen-bond acceptors (Lipinski definition) is 3. The van der Waals surface area contributed by atoms with Crippen LogP contribution in [0.3, 0.4) is 0 Å². The second kappa shape index (κ2) is 7.27. The number of anilines is 1. The van der Waals surface area contributed by atoms with Gasteiger partial charge in [-0.05, 0) is 18.2 Å². The number of benzene rings is 2. The SMILES string of the molecule is O=C(CCc1ncc(-c2ccccc2)o1)Nc1ccc(F)cc1Cl. The first-order valence-electron chi connectivity index (χ1n) is 7.37. The van der Waals surface area contributed by atoms with E-state index >= 15 is 0 Å². The lowest BCUT2D eigenvalue weighted by Crippen LogP contribution is -2.12. The summed E-state index contributed by atoms with van der Waals surface area (Å²) in [5.41, 5.74) is 1.30. The summed E-state index contributed by atoms with van der Waals surface area (Å²) in [7, 11) is 0. The van der Waals surface area contributed by atoms with E-state index in [1.165, 1.54) is 12.1 Å². The summed E-state index contributed by atoms with van der Waals surface area (Å²) in [6.45, 7) is 0. The molecule has 1 aromatic heterocycles. The lowest BCUT2D eigenvalue weighted by molar-refractivity contribution is -0.116. The Morgan fingerprint density at radius 3 is 2.75 bits per heavy atom. The van der Waals surface area contributed by atoms with Crippen LogP contribution in [0.15, 0.2) is 59.1 Å². The van der Waals surface area contributed by atoms with Gasteiger partial charge in [0, 0.05) is 18.4 Å². The maximum absolute atomic E-state index is 13.0. The number of hydrogen-bond donors (Lipinski definition) is 1. The van der Waals surface area contributed by atoms with Gasteiger partial charge in [-0.2, -0.15) is 0 Å². The fourth-order valence-corrected chi connectivity index (χ4v) is 2.40. The Morgan fingerprint density at radius 2 is 2.00 bits per heavy atom. The Balaban J connectivity index is 1.58. The van der Waals surface area contributed by atoms with Gasteiger partial charge in [0.2, 0.25) is 5.91 Å². The third-order valence-electron chi connectivity index (χ3n) is 3.38.